The molecule has 0 aromatic rings. The first-order chi connectivity index (χ1) is 8.91. The van der Waals surface area contributed by atoms with Gasteiger partial charge in [0.25, 0.3) is 0 Å². The Balaban J connectivity index is 2.71. The van der Waals surface area contributed by atoms with Crippen LogP contribution in [0.3, 0.4) is 0 Å². The third-order valence-corrected chi connectivity index (χ3v) is 3.76. The third-order valence-electron chi connectivity index (χ3n) is 3.76. The largest absolute Gasteiger partial charge is 0.480 e. The zero-order valence-electron chi connectivity index (χ0n) is 12.2. The fourth-order valence-corrected chi connectivity index (χ4v) is 2.75. The van der Waals surface area contributed by atoms with Gasteiger partial charge in [-0.25, -0.2) is 4.79 Å². The van der Waals surface area contributed by atoms with Crippen molar-refractivity contribution in [2.45, 2.75) is 52.5 Å². The molecule has 0 aliphatic carbocycles. The summed E-state index contributed by atoms with van der Waals surface area (Å²) in [6.45, 7) is 7.45. The average molecular weight is 270 g/mol. The van der Waals surface area contributed by atoms with E-state index < -0.39 is 17.4 Å². The number of carboxylic acids is 1. The van der Waals surface area contributed by atoms with E-state index in [2.05, 4.69) is 17.6 Å². The van der Waals surface area contributed by atoms with E-state index in [-0.39, 0.29) is 11.8 Å². The van der Waals surface area contributed by atoms with E-state index in [1.165, 1.54) is 0 Å². The van der Waals surface area contributed by atoms with Crippen LogP contribution in [0.25, 0.3) is 0 Å². The normalized spacial score (nSPS) is 24.4. The van der Waals surface area contributed by atoms with E-state index >= 15 is 0 Å². The van der Waals surface area contributed by atoms with Crippen LogP contribution in [0.15, 0.2) is 0 Å². The molecule has 1 amide bonds. The molecule has 110 valence electrons. The summed E-state index contributed by atoms with van der Waals surface area (Å²) in [7, 11) is 0. The Kier molecular flexibility index (Phi) is 5.79. The number of aliphatic carboxylic acids is 1. The van der Waals surface area contributed by atoms with Gasteiger partial charge in [0.05, 0.1) is 5.41 Å². The number of nitrogens with one attached hydrogen (secondary N) is 2. The molecule has 1 heterocycles. The van der Waals surface area contributed by atoms with Crippen LogP contribution in [0, 0.1) is 11.3 Å². The Hall–Kier alpha value is -1.10. The van der Waals surface area contributed by atoms with Crippen molar-refractivity contribution in [2.24, 2.45) is 11.3 Å². The van der Waals surface area contributed by atoms with Crippen molar-refractivity contribution in [3.8, 4) is 0 Å². The number of amides is 1. The maximum Gasteiger partial charge on any atom is 0.326 e. The molecular formula is C14H26N2O3. The first-order valence-corrected chi connectivity index (χ1v) is 7.16. The lowest BCUT2D eigenvalue weighted by molar-refractivity contribution is -0.144. The molecule has 3 N–H and O–H groups in total. The summed E-state index contributed by atoms with van der Waals surface area (Å²) in [6, 6.07) is -0.776. The molecule has 1 saturated heterocycles. The molecular weight excluding hydrogens is 244 g/mol. The van der Waals surface area contributed by atoms with Crippen molar-refractivity contribution in [1.82, 2.24) is 10.6 Å². The summed E-state index contributed by atoms with van der Waals surface area (Å²) in [4.78, 5) is 23.7. The van der Waals surface area contributed by atoms with Gasteiger partial charge in [-0.05, 0) is 31.7 Å². The van der Waals surface area contributed by atoms with Gasteiger partial charge in [0.1, 0.15) is 6.04 Å². The quantitative estimate of drug-likeness (QED) is 0.653. The van der Waals surface area contributed by atoms with Crippen LogP contribution < -0.4 is 10.6 Å². The molecule has 0 bridgehead atoms. The monoisotopic (exact) mass is 270 g/mol. The maximum absolute atomic E-state index is 12.4. The van der Waals surface area contributed by atoms with E-state index in [0.717, 1.165) is 25.8 Å². The number of carboxylic acid groups (broad SMARTS) is 1. The van der Waals surface area contributed by atoms with Crippen LogP contribution >= 0.6 is 0 Å². The Morgan fingerprint density at radius 2 is 2.11 bits per heavy atom. The van der Waals surface area contributed by atoms with Crippen LogP contribution in [0.4, 0.5) is 0 Å². The van der Waals surface area contributed by atoms with E-state index in [4.69, 9.17) is 0 Å². The lowest BCUT2D eigenvalue weighted by Crippen LogP contribution is -2.49. The Morgan fingerprint density at radius 3 is 2.53 bits per heavy atom. The van der Waals surface area contributed by atoms with Gasteiger partial charge in [0.2, 0.25) is 5.91 Å². The van der Waals surface area contributed by atoms with Crippen LogP contribution in [0.1, 0.15) is 46.5 Å². The van der Waals surface area contributed by atoms with E-state index in [0.29, 0.717) is 13.0 Å². The molecule has 0 saturated carbocycles. The van der Waals surface area contributed by atoms with Gasteiger partial charge in [0, 0.05) is 6.54 Å². The lowest BCUT2D eigenvalue weighted by Gasteiger charge is -2.28. The number of rotatable bonds is 7. The predicted octanol–water partition coefficient (Wildman–Crippen LogP) is 1.38. The molecule has 5 heteroatoms. The molecule has 1 fully saturated rings. The van der Waals surface area contributed by atoms with Crippen molar-refractivity contribution in [1.29, 1.82) is 0 Å². The molecule has 1 rings (SSSR count). The average Bonchev–Trinajstić information content (AvgIpc) is 2.77. The highest BCUT2D eigenvalue weighted by atomic mass is 16.4. The van der Waals surface area contributed by atoms with Crippen molar-refractivity contribution < 1.29 is 14.7 Å². The van der Waals surface area contributed by atoms with Crippen LogP contribution in [-0.2, 0) is 9.59 Å². The molecule has 2 atom stereocenters. The highest BCUT2D eigenvalue weighted by molar-refractivity contribution is 5.87. The van der Waals surface area contributed by atoms with Gasteiger partial charge in [-0.15, -0.1) is 0 Å². The fraction of sp³-hybridized carbons (Fsp3) is 0.857. The van der Waals surface area contributed by atoms with Crippen LogP contribution in [-0.4, -0.2) is 36.1 Å². The lowest BCUT2D eigenvalue weighted by atomic mass is 9.81. The minimum absolute atomic E-state index is 0.104. The summed E-state index contributed by atoms with van der Waals surface area (Å²) in [6.07, 6.45) is 2.99. The topological polar surface area (TPSA) is 78.4 Å². The number of hydrogen-bond donors (Lipinski definition) is 3. The van der Waals surface area contributed by atoms with Gasteiger partial charge in [-0.3, -0.25) is 4.79 Å². The minimum Gasteiger partial charge on any atom is -0.480 e. The zero-order chi connectivity index (χ0) is 14.5. The Morgan fingerprint density at radius 1 is 1.42 bits per heavy atom. The summed E-state index contributed by atoms with van der Waals surface area (Å²) < 4.78 is 0. The standard InChI is InChI=1S/C14H26N2O3/c1-4-5-14(6-7-15-9-14)13(19)16-11(12(17)18)8-10(2)3/h10-11,15H,4-9H2,1-3H3,(H,16,19)(H,17,18)/t11-,14?/m1/s1. The van der Waals surface area contributed by atoms with E-state index in [1.807, 2.05) is 13.8 Å². The zero-order valence-corrected chi connectivity index (χ0v) is 12.2. The number of carbonyl (C=O) groups excluding carboxylic acids is 1. The van der Waals surface area contributed by atoms with Gasteiger partial charge in [0.15, 0.2) is 0 Å². The Labute approximate surface area is 115 Å². The molecule has 1 aliphatic rings. The molecule has 1 unspecified atom stereocenters. The van der Waals surface area contributed by atoms with Gasteiger partial charge in [-0.1, -0.05) is 27.2 Å². The molecule has 0 radical (unpaired) electrons. The van der Waals surface area contributed by atoms with E-state index in [9.17, 15) is 14.7 Å². The first-order valence-electron chi connectivity index (χ1n) is 7.16. The Bertz CT molecular complexity index is 323. The molecule has 1 aliphatic heterocycles. The van der Waals surface area contributed by atoms with Crippen LogP contribution in [0.2, 0.25) is 0 Å². The maximum atomic E-state index is 12.4. The molecule has 0 aromatic carbocycles. The highest BCUT2D eigenvalue weighted by Gasteiger charge is 2.41. The fourth-order valence-electron chi connectivity index (χ4n) is 2.75. The number of carbonyl (C=O) groups is 2. The molecule has 0 aromatic heterocycles. The number of hydrogen-bond acceptors (Lipinski definition) is 3. The van der Waals surface area contributed by atoms with Crippen LogP contribution in [0.5, 0.6) is 0 Å². The SMILES string of the molecule is CCCC1(C(=O)N[C@H](CC(C)C)C(=O)O)CCNC1. The highest BCUT2D eigenvalue weighted by Crippen LogP contribution is 2.31. The predicted molar refractivity (Wildman–Crippen MR) is 73.8 cm³/mol. The van der Waals surface area contributed by atoms with Gasteiger partial charge < -0.3 is 15.7 Å². The minimum atomic E-state index is -0.945. The second-order valence-corrected chi connectivity index (χ2v) is 5.95. The molecule has 0 spiro atoms. The summed E-state index contributed by atoms with van der Waals surface area (Å²) in [5.41, 5.74) is -0.417. The van der Waals surface area contributed by atoms with Gasteiger partial charge in [-0.2, -0.15) is 0 Å². The van der Waals surface area contributed by atoms with Gasteiger partial charge >= 0.3 is 5.97 Å². The van der Waals surface area contributed by atoms with Crippen molar-refractivity contribution in [3.63, 3.8) is 0 Å². The van der Waals surface area contributed by atoms with Crippen molar-refractivity contribution in [3.05, 3.63) is 0 Å². The molecule has 5 nitrogen and oxygen atoms in total. The second kappa shape index (κ2) is 6.89. The van der Waals surface area contributed by atoms with E-state index in [1.54, 1.807) is 0 Å². The third kappa shape index (κ3) is 4.20. The summed E-state index contributed by atoms with van der Waals surface area (Å²) in [5, 5.41) is 15.1. The second-order valence-electron chi connectivity index (χ2n) is 5.95. The van der Waals surface area contributed by atoms with Crippen molar-refractivity contribution in [2.75, 3.05) is 13.1 Å². The summed E-state index contributed by atoms with van der Waals surface area (Å²) in [5.74, 6) is -0.808. The smallest absolute Gasteiger partial charge is 0.326 e. The first kappa shape index (κ1) is 16.0. The summed E-state index contributed by atoms with van der Waals surface area (Å²) >= 11 is 0. The molecule has 19 heavy (non-hydrogen) atoms. The van der Waals surface area contributed by atoms with Crippen molar-refractivity contribution >= 4 is 11.9 Å².